The van der Waals surface area contributed by atoms with Crippen LogP contribution in [-0.2, 0) is 9.59 Å². The van der Waals surface area contributed by atoms with Crippen molar-refractivity contribution in [1.29, 1.82) is 5.26 Å². The summed E-state index contributed by atoms with van der Waals surface area (Å²) in [5.74, 6) is -1.17. The van der Waals surface area contributed by atoms with Crippen LogP contribution in [-0.4, -0.2) is 30.2 Å². The molecule has 4 N–H and O–H groups in total. The SMILES string of the molecule is CCOc1ccc(OCC(N)=O)c(C(Nc2ccc(C#N)cc2)C(=O)O)c1. The van der Waals surface area contributed by atoms with Gasteiger partial charge < -0.3 is 25.6 Å². The highest BCUT2D eigenvalue weighted by Crippen LogP contribution is 2.32. The summed E-state index contributed by atoms with van der Waals surface area (Å²) in [4.78, 5) is 22.9. The first-order valence-corrected chi connectivity index (χ1v) is 8.12. The van der Waals surface area contributed by atoms with E-state index >= 15 is 0 Å². The summed E-state index contributed by atoms with van der Waals surface area (Å²) >= 11 is 0. The second kappa shape index (κ2) is 9.10. The number of nitrogens with zero attached hydrogens (tertiary/aromatic N) is 1. The number of hydrogen-bond acceptors (Lipinski definition) is 6. The molecule has 0 radical (unpaired) electrons. The van der Waals surface area contributed by atoms with Crippen molar-refractivity contribution in [3.05, 3.63) is 53.6 Å². The highest BCUT2D eigenvalue weighted by molar-refractivity contribution is 5.81. The van der Waals surface area contributed by atoms with Crippen LogP contribution in [0.3, 0.4) is 0 Å². The fourth-order valence-corrected chi connectivity index (χ4v) is 2.37. The Bertz CT molecular complexity index is 859. The third-order valence-corrected chi connectivity index (χ3v) is 3.55. The third-order valence-electron chi connectivity index (χ3n) is 3.55. The Labute approximate surface area is 156 Å². The topological polar surface area (TPSA) is 135 Å². The summed E-state index contributed by atoms with van der Waals surface area (Å²) in [6, 6.07) is 11.8. The molecule has 0 spiro atoms. The van der Waals surface area contributed by atoms with Crippen molar-refractivity contribution in [1.82, 2.24) is 0 Å². The monoisotopic (exact) mass is 369 g/mol. The molecule has 2 rings (SSSR count). The van der Waals surface area contributed by atoms with Gasteiger partial charge in [0.2, 0.25) is 0 Å². The molecule has 0 bridgehead atoms. The van der Waals surface area contributed by atoms with Gasteiger partial charge in [0.05, 0.1) is 18.2 Å². The standard InChI is InChI=1S/C19H19N3O5/c1-2-26-14-7-8-16(27-11-17(21)23)15(9-14)18(19(24)25)22-13-5-3-12(10-20)4-6-13/h3-9,18,22H,2,11H2,1H3,(H2,21,23)(H,24,25). The lowest BCUT2D eigenvalue weighted by atomic mass is 10.0. The third kappa shape index (κ3) is 5.37. The zero-order valence-corrected chi connectivity index (χ0v) is 14.6. The zero-order valence-electron chi connectivity index (χ0n) is 14.6. The van der Waals surface area contributed by atoms with Crippen LogP contribution in [0.2, 0.25) is 0 Å². The quantitative estimate of drug-likeness (QED) is 0.615. The lowest BCUT2D eigenvalue weighted by Gasteiger charge is -2.20. The molecule has 2 aromatic rings. The van der Waals surface area contributed by atoms with E-state index in [0.717, 1.165) is 0 Å². The molecule has 0 saturated carbocycles. The largest absolute Gasteiger partial charge is 0.494 e. The molecule has 140 valence electrons. The molecule has 0 heterocycles. The van der Waals surface area contributed by atoms with Crippen molar-refractivity contribution in [2.75, 3.05) is 18.5 Å². The maximum absolute atomic E-state index is 11.9. The van der Waals surface area contributed by atoms with Gasteiger partial charge in [0, 0.05) is 11.3 Å². The van der Waals surface area contributed by atoms with Gasteiger partial charge in [0.1, 0.15) is 11.5 Å². The Balaban J connectivity index is 2.39. The van der Waals surface area contributed by atoms with Crippen LogP contribution in [0.1, 0.15) is 24.1 Å². The minimum Gasteiger partial charge on any atom is -0.494 e. The van der Waals surface area contributed by atoms with E-state index in [2.05, 4.69) is 5.32 Å². The molecule has 0 aliphatic heterocycles. The summed E-state index contributed by atoms with van der Waals surface area (Å²) in [5.41, 5.74) is 6.34. The number of hydrogen-bond donors (Lipinski definition) is 3. The Morgan fingerprint density at radius 1 is 1.22 bits per heavy atom. The highest BCUT2D eigenvalue weighted by Gasteiger charge is 2.25. The Morgan fingerprint density at radius 2 is 1.93 bits per heavy atom. The minimum atomic E-state index is -1.18. The van der Waals surface area contributed by atoms with Crippen LogP contribution in [0.5, 0.6) is 11.5 Å². The number of nitriles is 1. The number of carboxylic acid groups (broad SMARTS) is 1. The van der Waals surface area contributed by atoms with Gasteiger partial charge in [-0.1, -0.05) is 0 Å². The zero-order chi connectivity index (χ0) is 19.8. The fourth-order valence-electron chi connectivity index (χ4n) is 2.37. The first-order valence-electron chi connectivity index (χ1n) is 8.12. The number of carbonyl (C=O) groups excluding carboxylic acids is 1. The number of primary amides is 1. The van der Waals surface area contributed by atoms with Crippen LogP contribution < -0.4 is 20.5 Å². The number of anilines is 1. The molecule has 1 unspecified atom stereocenters. The van der Waals surface area contributed by atoms with Gasteiger partial charge in [0.15, 0.2) is 12.6 Å². The number of rotatable bonds is 9. The number of ether oxygens (including phenoxy) is 2. The predicted molar refractivity (Wildman–Crippen MR) is 97.5 cm³/mol. The van der Waals surface area contributed by atoms with Crippen LogP contribution in [0.15, 0.2) is 42.5 Å². The van der Waals surface area contributed by atoms with Crippen LogP contribution in [0, 0.1) is 11.3 Å². The molecule has 0 aromatic heterocycles. The minimum absolute atomic E-state index is 0.200. The number of nitrogens with two attached hydrogens (primary N) is 1. The van der Waals surface area contributed by atoms with E-state index in [0.29, 0.717) is 23.6 Å². The summed E-state index contributed by atoms with van der Waals surface area (Å²) in [7, 11) is 0. The molecule has 1 amide bonds. The molecule has 8 heteroatoms. The van der Waals surface area contributed by atoms with Gasteiger partial charge >= 0.3 is 5.97 Å². The van der Waals surface area contributed by atoms with E-state index in [1.165, 1.54) is 12.1 Å². The van der Waals surface area contributed by atoms with E-state index in [4.69, 9.17) is 20.5 Å². The lowest BCUT2D eigenvalue weighted by Crippen LogP contribution is -2.24. The number of amides is 1. The van der Waals surface area contributed by atoms with Gasteiger partial charge in [-0.05, 0) is 49.4 Å². The molecule has 0 aliphatic carbocycles. The van der Waals surface area contributed by atoms with Crippen LogP contribution >= 0.6 is 0 Å². The molecule has 1 atom stereocenters. The predicted octanol–water partition coefficient (Wildman–Crippen LogP) is 2.06. The van der Waals surface area contributed by atoms with Crippen molar-refractivity contribution in [3.8, 4) is 17.6 Å². The number of carbonyl (C=O) groups is 2. The molecular weight excluding hydrogens is 350 g/mol. The van der Waals surface area contributed by atoms with E-state index in [-0.39, 0.29) is 17.9 Å². The molecule has 0 aliphatic rings. The van der Waals surface area contributed by atoms with Crippen molar-refractivity contribution in [2.24, 2.45) is 5.73 Å². The molecule has 0 fully saturated rings. The Hall–Kier alpha value is -3.73. The van der Waals surface area contributed by atoms with E-state index in [1.54, 1.807) is 37.3 Å². The van der Waals surface area contributed by atoms with Gasteiger partial charge in [-0.2, -0.15) is 5.26 Å². The fraction of sp³-hybridized carbons (Fsp3) is 0.211. The summed E-state index contributed by atoms with van der Waals surface area (Å²) in [6.07, 6.45) is 0. The molecule has 0 saturated heterocycles. The number of nitrogens with one attached hydrogen (secondary N) is 1. The summed E-state index contributed by atoms with van der Waals surface area (Å²) < 4.78 is 10.8. The average molecular weight is 369 g/mol. The first-order chi connectivity index (χ1) is 12.9. The molecular formula is C19H19N3O5. The average Bonchev–Trinajstić information content (AvgIpc) is 2.65. The molecule has 27 heavy (non-hydrogen) atoms. The normalized spacial score (nSPS) is 11.1. The van der Waals surface area contributed by atoms with Crippen molar-refractivity contribution in [2.45, 2.75) is 13.0 Å². The van der Waals surface area contributed by atoms with Gasteiger partial charge in [-0.3, -0.25) is 4.79 Å². The number of carboxylic acids is 1. The van der Waals surface area contributed by atoms with Crippen molar-refractivity contribution >= 4 is 17.6 Å². The number of benzene rings is 2. The van der Waals surface area contributed by atoms with Crippen molar-refractivity contribution < 1.29 is 24.2 Å². The van der Waals surface area contributed by atoms with E-state index in [9.17, 15) is 14.7 Å². The summed E-state index contributed by atoms with van der Waals surface area (Å²) in [5, 5.41) is 21.5. The van der Waals surface area contributed by atoms with Crippen LogP contribution in [0.4, 0.5) is 5.69 Å². The molecule has 2 aromatic carbocycles. The maximum Gasteiger partial charge on any atom is 0.330 e. The highest BCUT2D eigenvalue weighted by atomic mass is 16.5. The number of aliphatic carboxylic acids is 1. The van der Waals surface area contributed by atoms with Gasteiger partial charge in [-0.15, -0.1) is 0 Å². The maximum atomic E-state index is 11.9. The summed E-state index contributed by atoms with van der Waals surface area (Å²) in [6.45, 7) is 1.83. The van der Waals surface area contributed by atoms with E-state index in [1.807, 2.05) is 6.07 Å². The van der Waals surface area contributed by atoms with Crippen molar-refractivity contribution in [3.63, 3.8) is 0 Å². The smallest absolute Gasteiger partial charge is 0.330 e. The van der Waals surface area contributed by atoms with Crippen LogP contribution in [0.25, 0.3) is 0 Å². The van der Waals surface area contributed by atoms with Gasteiger partial charge in [-0.25, -0.2) is 4.79 Å². The van der Waals surface area contributed by atoms with E-state index < -0.39 is 17.9 Å². The first kappa shape index (κ1) is 19.6. The Kier molecular flexibility index (Phi) is 6.61. The lowest BCUT2D eigenvalue weighted by molar-refractivity contribution is -0.138. The van der Waals surface area contributed by atoms with Gasteiger partial charge in [0.25, 0.3) is 5.91 Å². The second-order valence-electron chi connectivity index (χ2n) is 5.49. The second-order valence-corrected chi connectivity index (χ2v) is 5.49. The molecule has 8 nitrogen and oxygen atoms in total. The Morgan fingerprint density at radius 3 is 2.48 bits per heavy atom.